The smallest absolute Gasteiger partial charge is 0.134 e. The second-order valence-corrected chi connectivity index (χ2v) is 4.09. The van der Waals surface area contributed by atoms with E-state index in [9.17, 15) is 9.90 Å². The number of hydrogen-bond donors (Lipinski definition) is 1. The van der Waals surface area contributed by atoms with Crippen LogP contribution >= 0.6 is 0 Å². The fourth-order valence-electron chi connectivity index (χ4n) is 1.54. The van der Waals surface area contributed by atoms with Crippen molar-refractivity contribution in [2.45, 2.75) is 32.8 Å². The highest BCUT2D eigenvalue weighted by Gasteiger charge is 2.19. The second kappa shape index (κ2) is 3.93. The van der Waals surface area contributed by atoms with Gasteiger partial charge in [-0.25, -0.2) is 0 Å². The molecule has 0 unspecified atom stereocenters. The van der Waals surface area contributed by atoms with Crippen LogP contribution in [0.3, 0.4) is 0 Å². The van der Waals surface area contributed by atoms with Crippen molar-refractivity contribution in [1.29, 1.82) is 0 Å². The van der Waals surface area contributed by atoms with E-state index in [0.29, 0.717) is 6.42 Å². The van der Waals surface area contributed by atoms with Gasteiger partial charge < -0.3 is 5.11 Å². The molecule has 14 heavy (non-hydrogen) atoms. The molecule has 0 saturated carbocycles. The lowest BCUT2D eigenvalue weighted by atomic mass is 9.91. The SMILES string of the molecule is CC(=O)Cc1ccccc1C(C)(C)O. The van der Waals surface area contributed by atoms with E-state index < -0.39 is 5.60 Å². The van der Waals surface area contributed by atoms with Gasteiger partial charge in [-0.05, 0) is 31.9 Å². The largest absolute Gasteiger partial charge is 0.386 e. The zero-order chi connectivity index (χ0) is 10.8. The molecule has 76 valence electrons. The molecule has 0 aliphatic heterocycles. The first kappa shape index (κ1) is 10.9. The quantitative estimate of drug-likeness (QED) is 0.795. The van der Waals surface area contributed by atoms with Crippen LogP contribution in [-0.2, 0) is 16.8 Å². The second-order valence-electron chi connectivity index (χ2n) is 4.09. The number of aliphatic hydroxyl groups is 1. The summed E-state index contributed by atoms with van der Waals surface area (Å²) in [6, 6.07) is 7.50. The van der Waals surface area contributed by atoms with Gasteiger partial charge in [0.25, 0.3) is 0 Å². The highest BCUT2D eigenvalue weighted by atomic mass is 16.3. The van der Waals surface area contributed by atoms with Gasteiger partial charge in [0.05, 0.1) is 5.60 Å². The normalized spacial score (nSPS) is 11.4. The number of benzene rings is 1. The molecule has 0 amide bonds. The molecule has 1 N–H and O–H groups in total. The van der Waals surface area contributed by atoms with Gasteiger partial charge in [0, 0.05) is 6.42 Å². The minimum Gasteiger partial charge on any atom is -0.386 e. The van der Waals surface area contributed by atoms with E-state index in [1.54, 1.807) is 20.8 Å². The molecule has 0 bridgehead atoms. The zero-order valence-corrected chi connectivity index (χ0v) is 8.87. The molecule has 0 radical (unpaired) electrons. The summed E-state index contributed by atoms with van der Waals surface area (Å²) in [5.41, 5.74) is 0.856. The monoisotopic (exact) mass is 192 g/mol. The minimum atomic E-state index is -0.883. The summed E-state index contributed by atoms with van der Waals surface area (Å²) in [7, 11) is 0. The molecule has 0 atom stereocenters. The van der Waals surface area contributed by atoms with Crippen molar-refractivity contribution >= 4 is 5.78 Å². The van der Waals surface area contributed by atoms with Crippen LogP contribution in [0.1, 0.15) is 31.9 Å². The molecule has 2 heteroatoms. The standard InChI is InChI=1S/C12H16O2/c1-9(13)8-10-6-4-5-7-11(10)12(2,3)14/h4-7,14H,8H2,1-3H3. The first-order chi connectivity index (χ1) is 6.41. The first-order valence-electron chi connectivity index (χ1n) is 4.71. The predicted octanol–water partition coefficient (Wildman–Crippen LogP) is 2.05. The van der Waals surface area contributed by atoms with Crippen molar-refractivity contribution in [1.82, 2.24) is 0 Å². The van der Waals surface area contributed by atoms with Crippen LogP contribution in [0.25, 0.3) is 0 Å². The Hall–Kier alpha value is -1.15. The van der Waals surface area contributed by atoms with Crippen molar-refractivity contribution in [3.8, 4) is 0 Å². The Kier molecular flexibility index (Phi) is 3.06. The lowest BCUT2D eigenvalue weighted by Gasteiger charge is -2.21. The molecule has 2 nitrogen and oxygen atoms in total. The van der Waals surface area contributed by atoms with Crippen LogP contribution in [0.4, 0.5) is 0 Å². The minimum absolute atomic E-state index is 0.113. The predicted molar refractivity (Wildman–Crippen MR) is 56.1 cm³/mol. The maximum atomic E-state index is 11.0. The number of rotatable bonds is 3. The summed E-state index contributed by atoms with van der Waals surface area (Å²) in [6.07, 6.45) is 0.389. The Bertz CT molecular complexity index is 334. The Balaban J connectivity index is 3.10. The van der Waals surface area contributed by atoms with Gasteiger partial charge in [-0.1, -0.05) is 24.3 Å². The molecule has 0 spiro atoms. The summed E-state index contributed by atoms with van der Waals surface area (Å²) < 4.78 is 0. The van der Waals surface area contributed by atoms with Crippen molar-refractivity contribution in [3.05, 3.63) is 35.4 Å². The summed E-state index contributed by atoms with van der Waals surface area (Å²) in [6.45, 7) is 5.01. The van der Waals surface area contributed by atoms with Crippen LogP contribution in [0.15, 0.2) is 24.3 Å². The van der Waals surface area contributed by atoms with Crippen LogP contribution < -0.4 is 0 Å². The molecular formula is C12H16O2. The highest BCUT2D eigenvalue weighted by Crippen LogP contribution is 2.23. The van der Waals surface area contributed by atoms with Gasteiger partial charge >= 0.3 is 0 Å². The van der Waals surface area contributed by atoms with Gasteiger partial charge in [-0.2, -0.15) is 0 Å². The summed E-state index contributed by atoms with van der Waals surface area (Å²) in [5.74, 6) is 0.113. The fraction of sp³-hybridized carbons (Fsp3) is 0.417. The van der Waals surface area contributed by atoms with Crippen molar-refractivity contribution in [3.63, 3.8) is 0 Å². The van der Waals surface area contributed by atoms with E-state index in [4.69, 9.17) is 0 Å². The topological polar surface area (TPSA) is 37.3 Å². The molecule has 1 aromatic rings. The van der Waals surface area contributed by atoms with Crippen molar-refractivity contribution in [2.24, 2.45) is 0 Å². The van der Waals surface area contributed by atoms with Crippen molar-refractivity contribution < 1.29 is 9.90 Å². The van der Waals surface area contributed by atoms with E-state index in [2.05, 4.69) is 0 Å². The van der Waals surface area contributed by atoms with Crippen molar-refractivity contribution in [2.75, 3.05) is 0 Å². The number of carbonyl (C=O) groups is 1. The number of ketones is 1. The molecule has 0 heterocycles. The Morgan fingerprint density at radius 2 is 1.93 bits per heavy atom. The maximum absolute atomic E-state index is 11.0. The Morgan fingerprint density at radius 3 is 2.43 bits per heavy atom. The van der Waals surface area contributed by atoms with E-state index in [0.717, 1.165) is 11.1 Å². The van der Waals surface area contributed by atoms with Gasteiger partial charge in [0.15, 0.2) is 0 Å². The van der Waals surface area contributed by atoms with E-state index in [-0.39, 0.29) is 5.78 Å². The average Bonchev–Trinajstić information content (AvgIpc) is 2.01. The number of Topliss-reactive ketones (excluding diaryl/α,β-unsaturated/α-hetero) is 1. The molecule has 0 aromatic heterocycles. The molecule has 0 fully saturated rings. The first-order valence-corrected chi connectivity index (χ1v) is 4.71. The third kappa shape index (κ3) is 2.67. The summed E-state index contributed by atoms with van der Waals surface area (Å²) in [4.78, 5) is 11.0. The van der Waals surface area contributed by atoms with Gasteiger partial charge in [-0.3, -0.25) is 4.79 Å². The molecule has 0 aliphatic rings. The van der Waals surface area contributed by atoms with E-state index >= 15 is 0 Å². The molecule has 0 saturated heterocycles. The summed E-state index contributed by atoms with van der Waals surface area (Å²) >= 11 is 0. The molecule has 0 aliphatic carbocycles. The maximum Gasteiger partial charge on any atom is 0.134 e. The van der Waals surface area contributed by atoms with Gasteiger partial charge in [0.1, 0.15) is 5.78 Å². The van der Waals surface area contributed by atoms with Crippen LogP contribution in [0.5, 0.6) is 0 Å². The lowest BCUT2D eigenvalue weighted by molar-refractivity contribution is -0.116. The third-order valence-electron chi connectivity index (χ3n) is 2.12. The van der Waals surface area contributed by atoms with Crippen LogP contribution in [0, 0.1) is 0 Å². The van der Waals surface area contributed by atoms with E-state index in [1.807, 2.05) is 24.3 Å². The van der Waals surface area contributed by atoms with Gasteiger partial charge in [-0.15, -0.1) is 0 Å². The molecule has 1 aromatic carbocycles. The van der Waals surface area contributed by atoms with Gasteiger partial charge in [0.2, 0.25) is 0 Å². The molecular weight excluding hydrogens is 176 g/mol. The third-order valence-corrected chi connectivity index (χ3v) is 2.12. The Morgan fingerprint density at radius 1 is 1.36 bits per heavy atom. The number of hydrogen-bond acceptors (Lipinski definition) is 2. The summed E-state index contributed by atoms with van der Waals surface area (Å²) in [5, 5.41) is 9.87. The Labute approximate surface area is 84.6 Å². The lowest BCUT2D eigenvalue weighted by Crippen LogP contribution is -2.18. The van der Waals surface area contributed by atoms with Crippen LogP contribution in [0.2, 0.25) is 0 Å². The average molecular weight is 192 g/mol. The highest BCUT2D eigenvalue weighted by molar-refractivity contribution is 5.78. The molecule has 1 rings (SSSR count). The fourth-order valence-corrected chi connectivity index (χ4v) is 1.54. The number of carbonyl (C=O) groups excluding carboxylic acids is 1. The zero-order valence-electron chi connectivity index (χ0n) is 8.87. The van der Waals surface area contributed by atoms with Crippen LogP contribution in [-0.4, -0.2) is 10.9 Å². The van der Waals surface area contributed by atoms with E-state index in [1.165, 1.54) is 0 Å².